The van der Waals surface area contributed by atoms with Crippen molar-refractivity contribution in [3.63, 3.8) is 0 Å². The average molecular weight is 283 g/mol. The first-order valence-electron chi connectivity index (χ1n) is 5.74. The van der Waals surface area contributed by atoms with Gasteiger partial charge in [0.15, 0.2) is 0 Å². The van der Waals surface area contributed by atoms with Gasteiger partial charge in [0, 0.05) is 5.56 Å². The van der Waals surface area contributed by atoms with E-state index in [9.17, 15) is 13.2 Å². The van der Waals surface area contributed by atoms with Gasteiger partial charge in [-0.25, -0.2) is 9.97 Å². The zero-order chi connectivity index (χ0) is 14.9. The van der Waals surface area contributed by atoms with E-state index in [4.69, 9.17) is 5.73 Å². The van der Waals surface area contributed by atoms with Gasteiger partial charge in [0.2, 0.25) is 0 Å². The average Bonchev–Trinajstić information content (AvgIpc) is 2.33. The zero-order valence-corrected chi connectivity index (χ0v) is 10.8. The number of nitrogens with zero attached hydrogens (tertiary/aromatic N) is 2. The van der Waals surface area contributed by atoms with Crippen molar-refractivity contribution < 1.29 is 17.9 Å². The monoisotopic (exact) mass is 283 g/mol. The third-order valence-corrected chi connectivity index (χ3v) is 2.70. The van der Waals surface area contributed by atoms with Crippen LogP contribution < -0.4 is 10.5 Å². The first-order chi connectivity index (χ1) is 9.28. The molecule has 0 aliphatic rings. The Morgan fingerprint density at radius 3 is 2.30 bits per heavy atom. The molecule has 20 heavy (non-hydrogen) atoms. The number of hydrogen-bond acceptors (Lipinski definition) is 4. The fraction of sp³-hybridized carbons (Fsp3) is 0.231. The number of anilines is 1. The lowest BCUT2D eigenvalue weighted by molar-refractivity contribution is -0.274. The summed E-state index contributed by atoms with van der Waals surface area (Å²) in [5, 5.41) is 0. The molecular formula is C13H12F3N3O. The molecular weight excluding hydrogens is 271 g/mol. The van der Waals surface area contributed by atoms with Crippen LogP contribution >= 0.6 is 0 Å². The highest BCUT2D eigenvalue weighted by atomic mass is 19.4. The lowest BCUT2D eigenvalue weighted by Gasteiger charge is -2.14. The highest BCUT2D eigenvalue weighted by Gasteiger charge is 2.32. The Morgan fingerprint density at radius 1 is 1.05 bits per heavy atom. The van der Waals surface area contributed by atoms with Crippen molar-refractivity contribution >= 4 is 5.82 Å². The number of hydrogen-bond donors (Lipinski definition) is 1. The van der Waals surface area contributed by atoms with Gasteiger partial charge in [0.05, 0.1) is 11.4 Å². The van der Waals surface area contributed by atoms with Gasteiger partial charge in [-0.15, -0.1) is 13.2 Å². The second-order valence-corrected chi connectivity index (χ2v) is 4.17. The van der Waals surface area contributed by atoms with Crippen LogP contribution in [0.5, 0.6) is 5.75 Å². The third-order valence-electron chi connectivity index (χ3n) is 2.70. The van der Waals surface area contributed by atoms with E-state index in [2.05, 4.69) is 14.7 Å². The summed E-state index contributed by atoms with van der Waals surface area (Å²) in [6, 6.07) is 5.68. The summed E-state index contributed by atoms with van der Waals surface area (Å²) in [5.41, 5.74) is 7.29. The van der Waals surface area contributed by atoms with Crippen molar-refractivity contribution in [2.75, 3.05) is 5.73 Å². The van der Waals surface area contributed by atoms with Crippen LogP contribution in [0, 0.1) is 13.8 Å². The van der Waals surface area contributed by atoms with Crippen LogP contribution in [0.15, 0.2) is 24.3 Å². The fourth-order valence-corrected chi connectivity index (χ4v) is 1.69. The number of alkyl halides is 3. The normalized spacial score (nSPS) is 11.4. The second kappa shape index (κ2) is 4.99. The van der Waals surface area contributed by atoms with Gasteiger partial charge < -0.3 is 10.5 Å². The number of nitrogen functional groups attached to an aromatic ring is 1. The Balaban J connectivity index is 2.56. The predicted molar refractivity (Wildman–Crippen MR) is 68.0 cm³/mol. The quantitative estimate of drug-likeness (QED) is 0.919. The van der Waals surface area contributed by atoms with E-state index in [1.807, 2.05) is 0 Å². The van der Waals surface area contributed by atoms with Gasteiger partial charge >= 0.3 is 6.36 Å². The van der Waals surface area contributed by atoms with E-state index in [1.54, 1.807) is 19.9 Å². The summed E-state index contributed by atoms with van der Waals surface area (Å²) in [6.45, 7) is 3.43. The molecule has 0 spiro atoms. The molecule has 0 fully saturated rings. The predicted octanol–water partition coefficient (Wildman–Crippen LogP) is 3.24. The Morgan fingerprint density at radius 2 is 1.65 bits per heavy atom. The molecule has 1 aromatic carbocycles. The van der Waals surface area contributed by atoms with E-state index in [0.29, 0.717) is 11.4 Å². The number of halogens is 3. The van der Waals surface area contributed by atoms with Gasteiger partial charge in [-0.1, -0.05) is 12.1 Å². The zero-order valence-electron chi connectivity index (χ0n) is 10.8. The first kappa shape index (κ1) is 14.1. The van der Waals surface area contributed by atoms with E-state index in [1.165, 1.54) is 18.2 Å². The Kier molecular flexibility index (Phi) is 3.52. The number of nitrogens with two attached hydrogens (primary N) is 1. The molecule has 0 atom stereocenters. The maximum absolute atomic E-state index is 12.4. The van der Waals surface area contributed by atoms with Crippen LogP contribution in [0.25, 0.3) is 11.3 Å². The highest BCUT2D eigenvalue weighted by molar-refractivity contribution is 5.75. The Labute approximate surface area is 113 Å². The van der Waals surface area contributed by atoms with Crippen molar-refractivity contribution in [2.45, 2.75) is 20.2 Å². The molecule has 0 bridgehead atoms. The van der Waals surface area contributed by atoms with Crippen LogP contribution in [-0.4, -0.2) is 16.3 Å². The van der Waals surface area contributed by atoms with E-state index in [-0.39, 0.29) is 22.8 Å². The van der Waals surface area contributed by atoms with Crippen molar-refractivity contribution in [3.05, 3.63) is 35.7 Å². The fourth-order valence-electron chi connectivity index (χ4n) is 1.69. The van der Waals surface area contributed by atoms with Gasteiger partial charge in [0.1, 0.15) is 17.3 Å². The topological polar surface area (TPSA) is 61.0 Å². The minimum absolute atomic E-state index is 0.0614. The number of rotatable bonds is 2. The smallest absolute Gasteiger partial charge is 0.405 e. The van der Waals surface area contributed by atoms with Crippen LogP contribution in [0.2, 0.25) is 0 Å². The summed E-state index contributed by atoms with van der Waals surface area (Å²) < 4.78 is 41.2. The van der Waals surface area contributed by atoms with E-state index in [0.717, 1.165) is 0 Å². The van der Waals surface area contributed by atoms with Crippen LogP contribution in [0.1, 0.15) is 11.4 Å². The lowest BCUT2D eigenvalue weighted by Crippen LogP contribution is -2.18. The van der Waals surface area contributed by atoms with Crippen molar-refractivity contribution in [2.24, 2.45) is 0 Å². The molecule has 0 aliphatic heterocycles. The van der Waals surface area contributed by atoms with Crippen molar-refractivity contribution in [1.82, 2.24) is 9.97 Å². The summed E-state index contributed by atoms with van der Waals surface area (Å²) >= 11 is 0. The van der Waals surface area contributed by atoms with E-state index < -0.39 is 6.36 Å². The van der Waals surface area contributed by atoms with Crippen LogP contribution in [-0.2, 0) is 0 Å². The SMILES string of the molecule is Cc1nc(N)c(-c2ccccc2OC(F)(F)F)nc1C. The molecule has 2 N–H and O–H groups in total. The molecule has 1 heterocycles. The number of ether oxygens (including phenoxy) is 1. The maximum atomic E-state index is 12.4. The van der Waals surface area contributed by atoms with Crippen LogP contribution in [0.3, 0.4) is 0 Å². The lowest BCUT2D eigenvalue weighted by atomic mass is 10.1. The molecule has 0 saturated carbocycles. The minimum Gasteiger partial charge on any atom is -0.405 e. The number of aromatic nitrogens is 2. The van der Waals surface area contributed by atoms with Gasteiger partial charge in [-0.3, -0.25) is 0 Å². The molecule has 4 nitrogen and oxygen atoms in total. The summed E-state index contributed by atoms with van der Waals surface area (Å²) in [5.74, 6) is -0.296. The summed E-state index contributed by atoms with van der Waals surface area (Å²) in [4.78, 5) is 8.26. The van der Waals surface area contributed by atoms with Gasteiger partial charge in [-0.2, -0.15) is 0 Å². The maximum Gasteiger partial charge on any atom is 0.573 e. The summed E-state index contributed by atoms with van der Waals surface area (Å²) in [7, 11) is 0. The molecule has 1 aromatic heterocycles. The first-order valence-corrected chi connectivity index (χ1v) is 5.74. The minimum atomic E-state index is -4.78. The van der Waals surface area contributed by atoms with Crippen molar-refractivity contribution in [3.8, 4) is 17.0 Å². The molecule has 106 valence electrons. The van der Waals surface area contributed by atoms with Gasteiger partial charge in [0.25, 0.3) is 0 Å². The molecule has 2 aromatic rings. The number of para-hydroxylation sites is 1. The Bertz CT molecular complexity index is 641. The molecule has 0 amide bonds. The largest absolute Gasteiger partial charge is 0.573 e. The molecule has 0 unspecified atom stereocenters. The molecule has 0 radical (unpaired) electrons. The van der Waals surface area contributed by atoms with Crippen molar-refractivity contribution in [1.29, 1.82) is 0 Å². The number of benzene rings is 1. The molecule has 0 aliphatic carbocycles. The number of aryl methyl sites for hydroxylation is 2. The standard InChI is InChI=1S/C13H12F3N3O/c1-7-8(2)19-12(17)11(18-7)9-5-3-4-6-10(9)20-13(14,15)16/h3-6H,1-2H3,(H2,17,19). The summed E-state index contributed by atoms with van der Waals surface area (Å²) in [6.07, 6.45) is -4.78. The van der Waals surface area contributed by atoms with Crippen LogP contribution in [0.4, 0.5) is 19.0 Å². The molecule has 7 heteroatoms. The highest BCUT2D eigenvalue weighted by Crippen LogP contribution is 2.34. The Hall–Kier alpha value is -2.31. The van der Waals surface area contributed by atoms with E-state index >= 15 is 0 Å². The second-order valence-electron chi connectivity index (χ2n) is 4.17. The third kappa shape index (κ3) is 2.98. The van der Waals surface area contributed by atoms with Gasteiger partial charge in [-0.05, 0) is 26.0 Å². The molecule has 2 rings (SSSR count). The molecule has 0 saturated heterocycles.